The number of pyridine rings is 1. The van der Waals surface area contributed by atoms with Gasteiger partial charge in [-0.2, -0.15) is 0 Å². The first-order valence-electron chi connectivity index (χ1n) is 9.17. The average Bonchev–Trinajstić information content (AvgIpc) is 3.12. The normalized spacial score (nSPS) is 11.1. The van der Waals surface area contributed by atoms with Crippen LogP contribution in [0.15, 0.2) is 82.0 Å². The second-order valence-corrected chi connectivity index (χ2v) is 6.76. The van der Waals surface area contributed by atoms with E-state index < -0.39 is 11.6 Å². The van der Waals surface area contributed by atoms with E-state index in [1.807, 2.05) is 30.3 Å². The van der Waals surface area contributed by atoms with Gasteiger partial charge in [0.2, 0.25) is 0 Å². The predicted molar refractivity (Wildman–Crippen MR) is 112 cm³/mol. The van der Waals surface area contributed by atoms with Crippen LogP contribution in [0.4, 0.5) is 10.1 Å². The molecule has 0 aliphatic carbocycles. The molecule has 3 aromatic carbocycles. The summed E-state index contributed by atoms with van der Waals surface area (Å²) in [6.07, 6.45) is 0. The highest BCUT2D eigenvalue weighted by Crippen LogP contribution is 2.26. The van der Waals surface area contributed by atoms with Gasteiger partial charge in [0.1, 0.15) is 5.82 Å². The van der Waals surface area contributed by atoms with Gasteiger partial charge in [-0.15, -0.1) is 0 Å². The molecule has 0 atom stereocenters. The summed E-state index contributed by atoms with van der Waals surface area (Å²) in [6, 6.07) is 20.0. The lowest BCUT2D eigenvalue weighted by molar-refractivity contribution is 0.102. The Morgan fingerprint density at radius 1 is 1.00 bits per heavy atom. The van der Waals surface area contributed by atoms with Crippen LogP contribution in [0.2, 0.25) is 0 Å². The van der Waals surface area contributed by atoms with Crippen molar-refractivity contribution in [3.63, 3.8) is 0 Å². The largest absolute Gasteiger partial charge is 0.417 e. The second kappa shape index (κ2) is 6.97. The zero-order valence-corrected chi connectivity index (χ0v) is 15.5. The zero-order chi connectivity index (χ0) is 20.7. The molecular weight excluding hydrogens is 385 g/mol. The Balaban J connectivity index is 1.60. The highest BCUT2D eigenvalue weighted by Gasteiger charge is 2.15. The van der Waals surface area contributed by atoms with Crippen LogP contribution >= 0.6 is 0 Å². The van der Waals surface area contributed by atoms with Crippen molar-refractivity contribution in [2.75, 3.05) is 5.32 Å². The van der Waals surface area contributed by atoms with E-state index >= 15 is 0 Å². The van der Waals surface area contributed by atoms with Gasteiger partial charge >= 0.3 is 5.76 Å². The van der Waals surface area contributed by atoms with Crippen LogP contribution in [0.3, 0.4) is 0 Å². The number of aromatic amines is 1. The van der Waals surface area contributed by atoms with Crippen LogP contribution in [-0.4, -0.2) is 15.9 Å². The number of anilines is 1. The molecular formula is C23H14FN3O3. The maximum absolute atomic E-state index is 13.8. The topological polar surface area (TPSA) is 88.0 Å². The molecule has 0 fully saturated rings. The molecule has 0 saturated heterocycles. The first-order valence-corrected chi connectivity index (χ1v) is 9.17. The maximum atomic E-state index is 13.8. The van der Waals surface area contributed by atoms with Crippen LogP contribution in [0, 0.1) is 5.82 Å². The third kappa shape index (κ3) is 3.22. The number of hydrogen-bond donors (Lipinski definition) is 2. The molecule has 0 saturated carbocycles. The number of fused-ring (bicyclic) bond motifs is 2. The van der Waals surface area contributed by atoms with Gasteiger partial charge in [0.05, 0.1) is 22.3 Å². The first-order chi connectivity index (χ1) is 14.6. The number of carbonyl (C=O) groups excluding carboxylic acids is 1. The van der Waals surface area contributed by atoms with E-state index in [-0.39, 0.29) is 5.91 Å². The summed E-state index contributed by atoms with van der Waals surface area (Å²) in [5.74, 6) is -1.37. The SMILES string of the molecule is O=C(Nc1ccc2oc(=O)[nH]c2c1)c1cc(-c2ccccc2)nc2cc(F)ccc12. The van der Waals surface area contributed by atoms with Crippen molar-refractivity contribution in [1.29, 1.82) is 0 Å². The number of H-pyrrole nitrogens is 1. The number of hydrogen-bond acceptors (Lipinski definition) is 4. The molecule has 0 bridgehead atoms. The minimum Gasteiger partial charge on any atom is -0.408 e. The molecule has 5 rings (SSSR count). The lowest BCUT2D eigenvalue weighted by atomic mass is 10.0. The van der Waals surface area contributed by atoms with Gasteiger partial charge in [-0.25, -0.2) is 14.2 Å². The molecule has 30 heavy (non-hydrogen) atoms. The third-order valence-electron chi connectivity index (χ3n) is 4.76. The summed E-state index contributed by atoms with van der Waals surface area (Å²) in [6.45, 7) is 0. The van der Waals surface area contributed by atoms with Gasteiger partial charge in [0, 0.05) is 22.7 Å². The van der Waals surface area contributed by atoms with E-state index in [1.165, 1.54) is 18.2 Å². The fourth-order valence-corrected chi connectivity index (χ4v) is 3.37. The molecule has 2 heterocycles. The number of rotatable bonds is 3. The molecule has 0 radical (unpaired) electrons. The molecule has 0 unspecified atom stereocenters. The summed E-state index contributed by atoms with van der Waals surface area (Å²) in [7, 11) is 0. The highest BCUT2D eigenvalue weighted by atomic mass is 19.1. The summed E-state index contributed by atoms with van der Waals surface area (Å²) in [4.78, 5) is 31.5. The number of benzene rings is 3. The van der Waals surface area contributed by atoms with Gasteiger partial charge in [-0.05, 0) is 36.4 Å². The van der Waals surface area contributed by atoms with Crippen LogP contribution in [0.5, 0.6) is 0 Å². The zero-order valence-electron chi connectivity index (χ0n) is 15.5. The van der Waals surface area contributed by atoms with Crippen molar-refractivity contribution in [3.05, 3.63) is 94.7 Å². The van der Waals surface area contributed by atoms with E-state index in [9.17, 15) is 14.0 Å². The smallest absolute Gasteiger partial charge is 0.408 e. The van der Waals surface area contributed by atoms with Crippen molar-refractivity contribution in [2.45, 2.75) is 0 Å². The van der Waals surface area contributed by atoms with Gasteiger partial charge < -0.3 is 9.73 Å². The Bertz CT molecular complexity index is 1470. The molecule has 2 aromatic heterocycles. The van der Waals surface area contributed by atoms with Crippen molar-refractivity contribution >= 4 is 33.6 Å². The molecule has 146 valence electrons. The van der Waals surface area contributed by atoms with Crippen LogP contribution in [0.25, 0.3) is 33.3 Å². The van der Waals surface area contributed by atoms with E-state index in [2.05, 4.69) is 15.3 Å². The van der Waals surface area contributed by atoms with Crippen LogP contribution in [0.1, 0.15) is 10.4 Å². The van der Waals surface area contributed by atoms with Gasteiger partial charge in [0.15, 0.2) is 5.58 Å². The Morgan fingerprint density at radius 2 is 1.83 bits per heavy atom. The summed E-state index contributed by atoms with van der Waals surface area (Å²) in [5.41, 5.74) is 3.48. The number of carbonyl (C=O) groups is 1. The van der Waals surface area contributed by atoms with E-state index in [1.54, 1.807) is 24.3 Å². The average molecular weight is 399 g/mol. The summed E-state index contributed by atoms with van der Waals surface area (Å²) in [5, 5.41) is 3.35. The maximum Gasteiger partial charge on any atom is 0.417 e. The van der Waals surface area contributed by atoms with E-state index in [4.69, 9.17) is 4.42 Å². The van der Waals surface area contributed by atoms with E-state index in [0.29, 0.717) is 38.9 Å². The Labute approximate surface area is 169 Å². The second-order valence-electron chi connectivity index (χ2n) is 6.76. The Kier molecular flexibility index (Phi) is 4.14. The van der Waals surface area contributed by atoms with Crippen LogP contribution < -0.4 is 11.1 Å². The summed E-state index contributed by atoms with van der Waals surface area (Å²) < 4.78 is 18.8. The van der Waals surface area contributed by atoms with Crippen molar-refractivity contribution in [3.8, 4) is 11.3 Å². The summed E-state index contributed by atoms with van der Waals surface area (Å²) >= 11 is 0. The minimum atomic E-state index is -0.567. The predicted octanol–water partition coefficient (Wildman–Crippen LogP) is 4.73. The molecule has 6 nitrogen and oxygen atoms in total. The number of oxazole rings is 1. The van der Waals surface area contributed by atoms with Crippen molar-refractivity contribution in [2.24, 2.45) is 0 Å². The molecule has 5 aromatic rings. The number of nitrogens with one attached hydrogen (secondary N) is 2. The van der Waals surface area contributed by atoms with Gasteiger partial charge in [-0.1, -0.05) is 30.3 Å². The Hall–Kier alpha value is -4.26. The number of nitrogens with zero attached hydrogens (tertiary/aromatic N) is 1. The molecule has 2 N–H and O–H groups in total. The van der Waals surface area contributed by atoms with Gasteiger partial charge in [-0.3, -0.25) is 9.78 Å². The van der Waals surface area contributed by atoms with E-state index in [0.717, 1.165) is 5.56 Å². The fraction of sp³-hybridized carbons (Fsp3) is 0. The number of amides is 1. The Morgan fingerprint density at radius 3 is 2.67 bits per heavy atom. The lowest BCUT2D eigenvalue weighted by Crippen LogP contribution is -2.13. The van der Waals surface area contributed by atoms with Crippen molar-refractivity contribution < 1.29 is 13.6 Å². The molecule has 1 amide bonds. The standard InChI is InChI=1S/C23H14FN3O3/c24-14-6-8-16-17(12-18(26-19(16)10-14)13-4-2-1-3-5-13)22(28)25-15-7-9-21-20(11-15)27-23(29)30-21/h1-12H,(H,25,28)(H,27,29). The lowest BCUT2D eigenvalue weighted by Gasteiger charge is -2.11. The van der Waals surface area contributed by atoms with Gasteiger partial charge in [0.25, 0.3) is 5.91 Å². The molecule has 0 spiro atoms. The number of aromatic nitrogens is 2. The highest BCUT2D eigenvalue weighted by molar-refractivity contribution is 6.13. The number of halogens is 1. The third-order valence-corrected chi connectivity index (χ3v) is 4.76. The van der Waals surface area contributed by atoms with Crippen molar-refractivity contribution in [1.82, 2.24) is 9.97 Å². The fourth-order valence-electron chi connectivity index (χ4n) is 3.37. The minimum absolute atomic E-state index is 0.361. The van der Waals surface area contributed by atoms with Crippen LogP contribution in [-0.2, 0) is 0 Å². The molecule has 7 heteroatoms. The first kappa shape index (κ1) is 17.8. The monoisotopic (exact) mass is 399 g/mol. The quantitative estimate of drug-likeness (QED) is 0.459. The molecule has 0 aliphatic rings. The molecule has 0 aliphatic heterocycles.